The van der Waals surface area contributed by atoms with Crippen LogP contribution in [0.5, 0.6) is 5.75 Å². The summed E-state index contributed by atoms with van der Waals surface area (Å²) < 4.78 is 75.5. The number of nitrogens with one attached hydrogen (secondary N) is 2. The molecular formula is C26H23F3N4O3S2. The Morgan fingerprint density at radius 1 is 1.11 bits per heavy atom. The van der Waals surface area contributed by atoms with Gasteiger partial charge in [0.15, 0.2) is 33.4 Å². The van der Waals surface area contributed by atoms with Gasteiger partial charge in [-0.3, -0.25) is 4.72 Å². The van der Waals surface area contributed by atoms with E-state index in [9.17, 15) is 21.6 Å². The Kier molecular flexibility index (Phi) is 7.01. The van der Waals surface area contributed by atoms with E-state index < -0.39 is 27.5 Å². The molecule has 1 fully saturated rings. The van der Waals surface area contributed by atoms with Crippen molar-refractivity contribution >= 4 is 32.2 Å². The van der Waals surface area contributed by atoms with E-state index in [4.69, 9.17) is 4.74 Å². The fourth-order valence-corrected chi connectivity index (χ4v) is 6.55. The van der Waals surface area contributed by atoms with Crippen molar-refractivity contribution in [1.82, 2.24) is 9.97 Å². The molecule has 7 nitrogen and oxygen atoms in total. The van der Waals surface area contributed by atoms with Crippen LogP contribution in [0.4, 0.5) is 24.0 Å². The summed E-state index contributed by atoms with van der Waals surface area (Å²) in [5.74, 6) is -2.11. The van der Waals surface area contributed by atoms with E-state index in [1.54, 1.807) is 25.1 Å². The second kappa shape index (κ2) is 10.3. The van der Waals surface area contributed by atoms with Gasteiger partial charge in [-0.15, -0.1) is 11.3 Å². The van der Waals surface area contributed by atoms with E-state index in [1.807, 2.05) is 0 Å². The molecule has 1 aliphatic rings. The van der Waals surface area contributed by atoms with Gasteiger partial charge in [0.25, 0.3) is 10.0 Å². The van der Waals surface area contributed by atoms with E-state index in [1.165, 1.54) is 36.8 Å². The Balaban J connectivity index is 1.35. The number of ether oxygens (including phenoxy) is 1. The number of hydrogen-bond donors (Lipinski definition) is 2. The van der Waals surface area contributed by atoms with Crippen LogP contribution in [0.1, 0.15) is 34.8 Å². The predicted octanol–water partition coefficient (Wildman–Crippen LogP) is 6.23. The van der Waals surface area contributed by atoms with Crippen LogP contribution in [0.2, 0.25) is 0 Å². The molecule has 1 saturated carbocycles. The van der Waals surface area contributed by atoms with Crippen LogP contribution in [0.3, 0.4) is 0 Å². The maximum Gasteiger partial charge on any atom is 0.281 e. The van der Waals surface area contributed by atoms with Gasteiger partial charge < -0.3 is 10.1 Å². The minimum Gasteiger partial charge on any atom is -0.494 e. The number of thiazole rings is 1. The molecule has 0 radical (unpaired) electrons. The average molecular weight is 561 g/mol. The predicted molar refractivity (Wildman–Crippen MR) is 140 cm³/mol. The minimum atomic E-state index is -4.10. The van der Waals surface area contributed by atoms with Gasteiger partial charge in [-0.05, 0) is 61.6 Å². The van der Waals surface area contributed by atoms with Gasteiger partial charge in [0.2, 0.25) is 0 Å². The first-order chi connectivity index (χ1) is 18.2. The summed E-state index contributed by atoms with van der Waals surface area (Å²) in [6.45, 7) is 1.74. The molecular weight excluding hydrogens is 537 g/mol. The normalized spacial score (nSPS) is 13.4. The molecule has 5 rings (SSSR count). The van der Waals surface area contributed by atoms with Crippen molar-refractivity contribution in [1.29, 1.82) is 0 Å². The number of rotatable bonds is 9. The quantitative estimate of drug-likeness (QED) is 0.252. The maximum atomic E-state index is 14.4. The van der Waals surface area contributed by atoms with Crippen molar-refractivity contribution in [2.45, 2.75) is 37.3 Å². The Morgan fingerprint density at radius 3 is 2.58 bits per heavy atom. The third kappa shape index (κ3) is 5.32. The molecule has 0 atom stereocenters. The number of pyridine rings is 1. The summed E-state index contributed by atoms with van der Waals surface area (Å²) in [7, 11) is -2.71. The summed E-state index contributed by atoms with van der Waals surface area (Å²) in [4.78, 5) is 9.36. The monoisotopic (exact) mass is 560 g/mol. The summed E-state index contributed by atoms with van der Waals surface area (Å²) in [6, 6.07) is 9.92. The zero-order chi connectivity index (χ0) is 27.0. The number of sulfonamides is 1. The number of anilines is 2. The Hall–Kier alpha value is -3.64. The Labute approximate surface area is 221 Å². The molecule has 0 spiro atoms. The van der Waals surface area contributed by atoms with Gasteiger partial charge in [0.05, 0.1) is 24.7 Å². The molecule has 0 bridgehead atoms. The Bertz CT molecular complexity index is 1620. The number of aromatic nitrogens is 2. The molecule has 4 aromatic rings. The summed E-state index contributed by atoms with van der Waals surface area (Å²) in [5, 5.41) is 2.97. The molecule has 2 aromatic heterocycles. The van der Waals surface area contributed by atoms with Gasteiger partial charge in [0.1, 0.15) is 0 Å². The number of halogens is 3. The van der Waals surface area contributed by atoms with Crippen molar-refractivity contribution in [2.24, 2.45) is 0 Å². The molecule has 1 aliphatic carbocycles. The summed E-state index contributed by atoms with van der Waals surface area (Å²) >= 11 is 1.17. The topological polar surface area (TPSA) is 93.2 Å². The Morgan fingerprint density at radius 2 is 1.89 bits per heavy atom. The van der Waals surface area contributed by atoms with Crippen LogP contribution < -0.4 is 14.8 Å². The van der Waals surface area contributed by atoms with Crippen molar-refractivity contribution in [3.05, 3.63) is 82.1 Å². The molecule has 12 heteroatoms. The fraction of sp³-hybridized carbons (Fsp3) is 0.231. The van der Waals surface area contributed by atoms with Gasteiger partial charge in [-0.2, -0.15) is 8.42 Å². The van der Waals surface area contributed by atoms with Crippen molar-refractivity contribution in [3.8, 4) is 17.0 Å². The molecule has 0 amide bonds. The summed E-state index contributed by atoms with van der Waals surface area (Å²) in [5.41, 5.74) is 2.07. The third-order valence-corrected chi connectivity index (χ3v) is 8.71. The van der Waals surface area contributed by atoms with Gasteiger partial charge >= 0.3 is 0 Å². The molecule has 0 unspecified atom stereocenters. The standard InChI is InChI=1S/C26H23F3N4O3S2/c1-14-10-18(30-12-17-4-3-5-21(36-2)22(17)29)13-31-25(14)38(34,35)33-26-32-23(24(37-26)15-6-7-15)16-8-9-19(27)20(28)11-16/h3-5,8-11,13,15,30H,6-7,12H2,1-2H3,(H,32,33). The zero-order valence-electron chi connectivity index (χ0n) is 20.4. The van der Waals surface area contributed by atoms with Crippen LogP contribution in [-0.2, 0) is 16.6 Å². The van der Waals surface area contributed by atoms with Crippen molar-refractivity contribution in [2.75, 3.05) is 17.1 Å². The number of benzene rings is 2. The molecule has 2 N–H and O–H groups in total. The molecule has 0 saturated heterocycles. The first kappa shape index (κ1) is 26.0. The highest BCUT2D eigenvalue weighted by Gasteiger charge is 2.31. The second-order valence-corrected chi connectivity index (χ2v) is 11.5. The largest absolute Gasteiger partial charge is 0.494 e. The zero-order valence-corrected chi connectivity index (χ0v) is 22.0. The van der Waals surface area contributed by atoms with Crippen LogP contribution in [0.15, 0.2) is 53.7 Å². The van der Waals surface area contributed by atoms with E-state index in [0.29, 0.717) is 28.1 Å². The lowest BCUT2D eigenvalue weighted by atomic mass is 10.1. The number of aryl methyl sites for hydroxylation is 1. The fourth-order valence-electron chi connectivity index (χ4n) is 4.00. The van der Waals surface area contributed by atoms with E-state index in [0.717, 1.165) is 29.9 Å². The molecule has 198 valence electrons. The van der Waals surface area contributed by atoms with Crippen molar-refractivity contribution < 1.29 is 26.3 Å². The highest BCUT2D eigenvalue weighted by molar-refractivity contribution is 7.92. The maximum absolute atomic E-state index is 14.4. The van der Waals surface area contributed by atoms with Crippen LogP contribution in [0.25, 0.3) is 11.3 Å². The average Bonchev–Trinajstić information content (AvgIpc) is 3.65. The first-order valence-corrected chi connectivity index (χ1v) is 14.0. The number of nitrogens with zero attached hydrogens (tertiary/aromatic N) is 2. The lowest BCUT2D eigenvalue weighted by Gasteiger charge is -2.12. The highest BCUT2D eigenvalue weighted by atomic mass is 32.2. The minimum absolute atomic E-state index is 0.114. The van der Waals surface area contributed by atoms with Gasteiger partial charge in [0, 0.05) is 22.5 Å². The van der Waals surface area contributed by atoms with Crippen LogP contribution >= 0.6 is 11.3 Å². The second-order valence-electron chi connectivity index (χ2n) is 8.87. The number of methoxy groups -OCH3 is 1. The van der Waals surface area contributed by atoms with Crippen LogP contribution in [-0.4, -0.2) is 25.5 Å². The van der Waals surface area contributed by atoms with Gasteiger partial charge in [-0.1, -0.05) is 12.1 Å². The molecule has 38 heavy (non-hydrogen) atoms. The van der Waals surface area contributed by atoms with E-state index in [2.05, 4.69) is 20.0 Å². The molecule has 2 aromatic carbocycles. The smallest absolute Gasteiger partial charge is 0.281 e. The van der Waals surface area contributed by atoms with Crippen LogP contribution in [0, 0.1) is 24.4 Å². The SMILES string of the molecule is COc1cccc(CNc2cnc(S(=O)(=O)Nc3nc(-c4ccc(F)c(F)c4)c(C4CC4)s3)c(C)c2)c1F. The highest BCUT2D eigenvalue weighted by Crippen LogP contribution is 2.48. The van der Waals surface area contributed by atoms with E-state index in [-0.39, 0.29) is 28.4 Å². The van der Waals surface area contributed by atoms with E-state index >= 15 is 0 Å². The lowest BCUT2D eigenvalue weighted by molar-refractivity contribution is 0.384. The first-order valence-electron chi connectivity index (χ1n) is 11.7. The third-order valence-electron chi connectivity index (χ3n) is 6.05. The van der Waals surface area contributed by atoms with Gasteiger partial charge in [-0.25, -0.2) is 23.1 Å². The molecule has 2 heterocycles. The van der Waals surface area contributed by atoms with Crippen molar-refractivity contribution in [3.63, 3.8) is 0 Å². The number of hydrogen-bond acceptors (Lipinski definition) is 7. The summed E-state index contributed by atoms with van der Waals surface area (Å²) in [6.07, 6.45) is 3.18. The molecule has 0 aliphatic heterocycles. The lowest BCUT2D eigenvalue weighted by Crippen LogP contribution is -2.16.